The number of hydrogen-bond donors (Lipinski definition) is 2. The van der Waals surface area contributed by atoms with Crippen LogP contribution in [0, 0.1) is 0 Å². The molecule has 21 heavy (non-hydrogen) atoms. The highest BCUT2D eigenvalue weighted by molar-refractivity contribution is 5.95. The molecule has 1 amide bonds. The number of carboxylic acids is 1. The summed E-state index contributed by atoms with van der Waals surface area (Å²) in [7, 11) is 0. The summed E-state index contributed by atoms with van der Waals surface area (Å²) >= 11 is 0. The molecule has 0 fully saturated rings. The van der Waals surface area contributed by atoms with Gasteiger partial charge in [-0.25, -0.2) is 0 Å². The summed E-state index contributed by atoms with van der Waals surface area (Å²) in [5, 5.41) is 14.2. The van der Waals surface area contributed by atoms with E-state index < -0.39 is 34.8 Å². The number of nitrogens with one attached hydrogen (secondary N) is 1. The van der Waals surface area contributed by atoms with E-state index in [4.69, 9.17) is 5.11 Å². The fraction of sp³-hybridized carbons (Fsp3) is 0.583. The van der Waals surface area contributed by atoms with Crippen molar-refractivity contribution in [3.63, 3.8) is 0 Å². The topological polar surface area (TPSA) is 84.2 Å². The molecular weight excluding hydrogens is 291 g/mol. The van der Waals surface area contributed by atoms with Crippen LogP contribution >= 0.6 is 0 Å². The van der Waals surface area contributed by atoms with Gasteiger partial charge < -0.3 is 10.4 Å². The standard InChI is InChI=1S/C12H16F3N3O3/c1-11(2,3)18-9(12(13,14)15)7(6-17-18)10(21)16-5-4-8(19)20/h6H,4-5H2,1-3H3,(H,16,21)(H,19,20). The summed E-state index contributed by atoms with van der Waals surface area (Å²) in [6.45, 7) is 4.33. The lowest BCUT2D eigenvalue weighted by molar-refractivity contribution is -0.146. The van der Waals surface area contributed by atoms with Gasteiger partial charge in [-0.3, -0.25) is 14.3 Å². The number of halogens is 3. The van der Waals surface area contributed by atoms with E-state index in [1.165, 1.54) is 20.8 Å². The van der Waals surface area contributed by atoms with Gasteiger partial charge in [0.25, 0.3) is 5.91 Å². The fourth-order valence-corrected chi connectivity index (χ4v) is 1.67. The lowest BCUT2D eigenvalue weighted by atomic mass is 10.1. The average molecular weight is 307 g/mol. The van der Waals surface area contributed by atoms with E-state index in [0.29, 0.717) is 0 Å². The number of carbonyl (C=O) groups is 2. The van der Waals surface area contributed by atoms with Crippen LogP contribution in [0.4, 0.5) is 13.2 Å². The molecule has 2 N–H and O–H groups in total. The van der Waals surface area contributed by atoms with Crippen LogP contribution in [0.5, 0.6) is 0 Å². The van der Waals surface area contributed by atoms with Crippen LogP contribution < -0.4 is 5.32 Å². The van der Waals surface area contributed by atoms with Crippen LogP contribution in [0.2, 0.25) is 0 Å². The Morgan fingerprint density at radius 1 is 1.33 bits per heavy atom. The van der Waals surface area contributed by atoms with E-state index in [-0.39, 0.29) is 13.0 Å². The molecule has 118 valence electrons. The molecule has 0 spiro atoms. The predicted molar refractivity (Wildman–Crippen MR) is 66.8 cm³/mol. The summed E-state index contributed by atoms with van der Waals surface area (Å²) < 4.78 is 40.2. The molecule has 0 unspecified atom stereocenters. The van der Waals surface area contributed by atoms with Gasteiger partial charge in [0.1, 0.15) is 0 Å². The first kappa shape index (κ1) is 17.0. The third kappa shape index (κ3) is 4.20. The van der Waals surface area contributed by atoms with E-state index in [9.17, 15) is 22.8 Å². The molecule has 6 nitrogen and oxygen atoms in total. The summed E-state index contributed by atoms with van der Waals surface area (Å²) in [5.41, 5.74) is -2.73. The van der Waals surface area contributed by atoms with Crippen molar-refractivity contribution >= 4 is 11.9 Å². The Hall–Kier alpha value is -2.06. The molecule has 0 atom stereocenters. The number of amides is 1. The minimum Gasteiger partial charge on any atom is -0.481 e. The monoisotopic (exact) mass is 307 g/mol. The molecule has 0 aliphatic carbocycles. The third-order valence-corrected chi connectivity index (χ3v) is 2.54. The number of carboxylic acid groups (broad SMARTS) is 1. The number of aromatic nitrogens is 2. The highest BCUT2D eigenvalue weighted by atomic mass is 19.4. The number of carbonyl (C=O) groups excluding carboxylic acids is 1. The molecule has 0 bridgehead atoms. The van der Waals surface area contributed by atoms with Crippen LogP contribution in [-0.2, 0) is 16.5 Å². The fourth-order valence-electron chi connectivity index (χ4n) is 1.67. The molecule has 0 saturated carbocycles. The smallest absolute Gasteiger partial charge is 0.433 e. The van der Waals surface area contributed by atoms with Gasteiger partial charge in [-0.05, 0) is 20.8 Å². The molecule has 0 aliphatic rings. The third-order valence-electron chi connectivity index (χ3n) is 2.54. The summed E-state index contributed by atoms with van der Waals surface area (Å²) in [5.74, 6) is -2.16. The largest absolute Gasteiger partial charge is 0.481 e. The number of aliphatic carboxylic acids is 1. The van der Waals surface area contributed by atoms with E-state index in [1.807, 2.05) is 0 Å². The van der Waals surface area contributed by atoms with E-state index in [0.717, 1.165) is 10.9 Å². The van der Waals surface area contributed by atoms with Crippen LogP contribution in [0.1, 0.15) is 43.2 Å². The van der Waals surface area contributed by atoms with Gasteiger partial charge in [-0.1, -0.05) is 0 Å². The molecule has 1 aromatic heterocycles. The number of nitrogens with zero attached hydrogens (tertiary/aromatic N) is 2. The Balaban J connectivity index is 3.11. The van der Waals surface area contributed by atoms with Crippen LogP contribution in [0.3, 0.4) is 0 Å². The lowest BCUT2D eigenvalue weighted by Gasteiger charge is -2.23. The van der Waals surface area contributed by atoms with E-state index in [1.54, 1.807) is 0 Å². The number of rotatable bonds is 4. The molecule has 1 rings (SSSR count). The van der Waals surface area contributed by atoms with Gasteiger partial charge in [0.05, 0.1) is 23.7 Å². The molecule has 9 heteroatoms. The van der Waals surface area contributed by atoms with Gasteiger partial charge in [0.15, 0.2) is 5.69 Å². The van der Waals surface area contributed by atoms with Gasteiger partial charge in [-0.15, -0.1) is 0 Å². The Kier molecular flexibility index (Phi) is 4.65. The molecule has 0 aromatic carbocycles. The van der Waals surface area contributed by atoms with Crippen LogP contribution in [0.15, 0.2) is 6.20 Å². The quantitative estimate of drug-likeness (QED) is 0.889. The first-order valence-electron chi connectivity index (χ1n) is 6.10. The average Bonchev–Trinajstić information content (AvgIpc) is 2.71. The Labute approximate surface area is 118 Å². The maximum Gasteiger partial charge on any atom is 0.433 e. The lowest BCUT2D eigenvalue weighted by Crippen LogP contribution is -2.32. The first-order valence-corrected chi connectivity index (χ1v) is 6.10. The van der Waals surface area contributed by atoms with Crippen molar-refractivity contribution in [2.45, 2.75) is 38.9 Å². The van der Waals surface area contributed by atoms with Crippen LogP contribution in [-0.4, -0.2) is 33.3 Å². The molecule has 0 saturated heterocycles. The summed E-state index contributed by atoms with van der Waals surface area (Å²) in [6, 6.07) is 0. The zero-order chi connectivity index (χ0) is 16.4. The van der Waals surface area contributed by atoms with E-state index >= 15 is 0 Å². The zero-order valence-electron chi connectivity index (χ0n) is 11.8. The maximum atomic E-state index is 13.1. The van der Waals surface area contributed by atoms with Gasteiger partial charge in [0.2, 0.25) is 0 Å². The maximum absolute atomic E-state index is 13.1. The number of hydrogen-bond acceptors (Lipinski definition) is 3. The Morgan fingerprint density at radius 2 is 1.90 bits per heavy atom. The Morgan fingerprint density at radius 3 is 2.33 bits per heavy atom. The van der Waals surface area contributed by atoms with Crippen molar-refractivity contribution in [3.05, 3.63) is 17.5 Å². The predicted octanol–water partition coefficient (Wildman–Crippen LogP) is 1.86. The SMILES string of the molecule is CC(C)(C)n1ncc(C(=O)NCCC(=O)O)c1C(F)(F)F. The molecule has 1 heterocycles. The van der Waals surface area contributed by atoms with Gasteiger partial charge >= 0.3 is 12.1 Å². The van der Waals surface area contributed by atoms with Gasteiger partial charge in [0, 0.05) is 6.54 Å². The van der Waals surface area contributed by atoms with Crippen molar-refractivity contribution in [3.8, 4) is 0 Å². The highest BCUT2D eigenvalue weighted by Crippen LogP contribution is 2.34. The van der Waals surface area contributed by atoms with Crippen molar-refractivity contribution in [2.75, 3.05) is 6.54 Å². The van der Waals surface area contributed by atoms with Crippen molar-refractivity contribution in [1.29, 1.82) is 0 Å². The summed E-state index contributed by atoms with van der Waals surface area (Å²) in [6.07, 6.45) is -4.28. The van der Waals surface area contributed by atoms with E-state index in [2.05, 4.69) is 10.4 Å². The second kappa shape index (κ2) is 5.74. The summed E-state index contributed by atoms with van der Waals surface area (Å²) in [4.78, 5) is 22.1. The minimum absolute atomic E-state index is 0.258. The second-order valence-corrected chi connectivity index (χ2v) is 5.39. The molecule has 0 aliphatic heterocycles. The minimum atomic E-state index is -4.75. The van der Waals surface area contributed by atoms with Gasteiger partial charge in [-0.2, -0.15) is 18.3 Å². The molecular formula is C12H16F3N3O3. The first-order chi connectivity index (χ1) is 9.44. The van der Waals surface area contributed by atoms with Crippen LogP contribution in [0.25, 0.3) is 0 Å². The van der Waals surface area contributed by atoms with Crippen molar-refractivity contribution < 1.29 is 27.9 Å². The zero-order valence-corrected chi connectivity index (χ0v) is 11.8. The van der Waals surface area contributed by atoms with Crippen molar-refractivity contribution in [1.82, 2.24) is 15.1 Å². The normalized spacial score (nSPS) is 12.3. The number of alkyl halides is 3. The Bertz CT molecular complexity index is 544. The molecule has 0 radical (unpaired) electrons. The second-order valence-electron chi connectivity index (χ2n) is 5.39. The van der Waals surface area contributed by atoms with Crippen molar-refractivity contribution in [2.24, 2.45) is 0 Å². The molecule has 1 aromatic rings. The highest BCUT2D eigenvalue weighted by Gasteiger charge is 2.42.